The van der Waals surface area contributed by atoms with Gasteiger partial charge in [0.05, 0.1) is 13.2 Å². The van der Waals surface area contributed by atoms with Gasteiger partial charge in [-0.25, -0.2) is 0 Å². The van der Waals surface area contributed by atoms with Crippen molar-refractivity contribution in [3.63, 3.8) is 0 Å². The molecule has 0 aromatic heterocycles. The Bertz CT molecular complexity index is 76.8. The van der Waals surface area contributed by atoms with Crippen LogP contribution in [0, 0.1) is 0 Å². The van der Waals surface area contributed by atoms with Gasteiger partial charge < -0.3 is 15.5 Å². The minimum Gasteiger partial charge on any atom is -0.390 e. The molecule has 4 N–H and O–H groups in total. The van der Waals surface area contributed by atoms with Crippen LogP contribution in [0.25, 0.3) is 0 Å². The highest BCUT2D eigenvalue weighted by Crippen LogP contribution is 1.97. The minimum absolute atomic E-state index is 0.0509. The molecule has 2 atom stereocenters. The fourth-order valence-electron chi connectivity index (χ4n) is 1.05. The lowest BCUT2D eigenvalue weighted by Gasteiger charge is -2.05. The summed E-state index contributed by atoms with van der Waals surface area (Å²) >= 11 is 0. The van der Waals surface area contributed by atoms with Crippen molar-refractivity contribution in [2.45, 2.75) is 18.6 Å². The van der Waals surface area contributed by atoms with E-state index in [-0.39, 0.29) is 18.8 Å². The lowest BCUT2D eigenvalue weighted by Crippen LogP contribution is -2.88. The molecule has 0 aromatic carbocycles. The Labute approximate surface area is 48.3 Å². The maximum absolute atomic E-state index is 9.00. The van der Waals surface area contributed by atoms with Crippen molar-refractivity contribution in [2.24, 2.45) is 0 Å². The number of aliphatic hydroxyl groups is 2. The van der Waals surface area contributed by atoms with Gasteiger partial charge in [0.25, 0.3) is 0 Å². The van der Waals surface area contributed by atoms with Gasteiger partial charge in [0.15, 0.2) is 0 Å². The van der Waals surface area contributed by atoms with Crippen LogP contribution in [0.15, 0.2) is 0 Å². The van der Waals surface area contributed by atoms with Crippen LogP contribution in [0.2, 0.25) is 0 Å². The number of quaternary nitrogens is 1. The van der Waals surface area contributed by atoms with Crippen LogP contribution in [0.1, 0.15) is 6.42 Å². The SMILES string of the molecule is OC[C@H]1[NH2+]CC[C@@H]1O. The Morgan fingerprint density at radius 2 is 2.38 bits per heavy atom. The molecule has 1 saturated heterocycles. The molecule has 0 radical (unpaired) electrons. The molecule has 0 aliphatic carbocycles. The zero-order chi connectivity index (χ0) is 5.98. The summed E-state index contributed by atoms with van der Waals surface area (Å²) in [7, 11) is 0. The molecule has 1 fully saturated rings. The average Bonchev–Trinajstić information content (AvgIpc) is 2.14. The van der Waals surface area contributed by atoms with Gasteiger partial charge in [0.1, 0.15) is 12.1 Å². The molecule has 1 aliphatic heterocycles. The molecule has 48 valence electrons. The van der Waals surface area contributed by atoms with E-state index in [1.165, 1.54) is 0 Å². The van der Waals surface area contributed by atoms with Crippen molar-refractivity contribution in [3.8, 4) is 0 Å². The van der Waals surface area contributed by atoms with Crippen molar-refractivity contribution in [1.82, 2.24) is 0 Å². The molecule has 0 unspecified atom stereocenters. The average molecular weight is 118 g/mol. The molecule has 0 amide bonds. The van der Waals surface area contributed by atoms with E-state index in [2.05, 4.69) is 0 Å². The fourth-order valence-corrected chi connectivity index (χ4v) is 1.05. The van der Waals surface area contributed by atoms with E-state index in [0.29, 0.717) is 0 Å². The van der Waals surface area contributed by atoms with Gasteiger partial charge in [-0.1, -0.05) is 0 Å². The van der Waals surface area contributed by atoms with Gasteiger partial charge >= 0.3 is 0 Å². The van der Waals surface area contributed by atoms with Gasteiger partial charge in [-0.3, -0.25) is 0 Å². The highest BCUT2D eigenvalue weighted by Gasteiger charge is 2.27. The second kappa shape index (κ2) is 2.44. The Balaban J connectivity index is 2.30. The summed E-state index contributed by atoms with van der Waals surface area (Å²) in [6.45, 7) is 1.05. The number of hydrogen-bond donors (Lipinski definition) is 3. The van der Waals surface area contributed by atoms with Crippen LogP contribution < -0.4 is 5.32 Å². The van der Waals surface area contributed by atoms with Crippen LogP contribution in [0.3, 0.4) is 0 Å². The monoisotopic (exact) mass is 118 g/mol. The van der Waals surface area contributed by atoms with Crippen LogP contribution in [-0.2, 0) is 0 Å². The highest BCUT2D eigenvalue weighted by atomic mass is 16.3. The molecule has 0 saturated carbocycles. The summed E-state index contributed by atoms with van der Waals surface area (Å²) in [4.78, 5) is 0. The molecule has 0 aromatic rings. The van der Waals surface area contributed by atoms with E-state index in [1.54, 1.807) is 0 Å². The molecular formula is C5H12NO2+. The lowest BCUT2D eigenvalue weighted by atomic mass is 10.2. The van der Waals surface area contributed by atoms with Gasteiger partial charge in [-0.2, -0.15) is 0 Å². The van der Waals surface area contributed by atoms with Gasteiger partial charge in [0.2, 0.25) is 0 Å². The molecule has 1 heterocycles. The Hall–Kier alpha value is -0.120. The Kier molecular flexibility index (Phi) is 1.83. The number of hydrogen-bond acceptors (Lipinski definition) is 2. The number of rotatable bonds is 1. The van der Waals surface area contributed by atoms with Crippen LogP contribution in [0.5, 0.6) is 0 Å². The minimum atomic E-state index is -0.278. The highest BCUT2D eigenvalue weighted by molar-refractivity contribution is 4.68. The first kappa shape index (κ1) is 6.01. The second-order valence-corrected chi connectivity index (χ2v) is 2.23. The summed E-state index contributed by atoms with van der Waals surface area (Å²) in [6, 6.07) is 0.0509. The Morgan fingerprint density at radius 3 is 2.62 bits per heavy atom. The quantitative estimate of drug-likeness (QED) is 0.362. The molecule has 8 heavy (non-hydrogen) atoms. The molecular weight excluding hydrogens is 106 g/mol. The predicted octanol–water partition coefficient (Wildman–Crippen LogP) is -2.32. The van der Waals surface area contributed by atoms with Crippen molar-refractivity contribution < 1.29 is 15.5 Å². The third-order valence-electron chi connectivity index (χ3n) is 1.64. The zero-order valence-electron chi connectivity index (χ0n) is 4.75. The molecule has 3 heteroatoms. The summed E-state index contributed by atoms with van der Waals surface area (Å²) in [5.74, 6) is 0. The maximum atomic E-state index is 9.00. The van der Waals surface area contributed by atoms with E-state index in [9.17, 15) is 0 Å². The van der Waals surface area contributed by atoms with E-state index in [0.717, 1.165) is 13.0 Å². The summed E-state index contributed by atoms with van der Waals surface area (Å²) in [5, 5.41) is 19.5. The van der Waals surface area contributed by atoms with Crippen molar-refractivity contribution in [3.05, 3.63) is 0 Å². The second-order valence-electron chi connectivity index (χ2n) is 2.23. The topological polar surface area (TPSA) is 57.1 Å². The number of aliphatic hydroxyl groups excluding tert-OH is 2. The van der Waals surface area contributed by atoms with Crippen molar-refractivity contribution >= 4 is 0 Å². The van der Waals surface area contributed by atoms with Gasteiger partial charge in [-0.05, 0) is 0 Å². The van der Waals surface area contributed by atoms with E-state index < -0.39 is 0 Å². The van der Waals surface area contributed by atoms with Gasteiger partial charge in [-0.15, -0.1) is 0 Å². The first-order valence-corrected chi connectivity index (χ1v) is 2.97. The largest absolute Gasteiger partial charge is 0.390 e. The van der Waals surface area contributed by atoms with Gasteiger partial charge in [0, 0.05) is 6.42 Å². The molecule has 1 rings (SSSR count). The van der Waals surface area contributed by atoms with Crippen LogP contribution >= 0.6 is 0 Å². The van der Waals surface area contributed by atoms with Crippen LogP contribution in [-0.4, -0.2) is 35.5 Å². The smallest absolute Gasteiger partial charge is 0.136 e. The lowest BCUT2D eigenvalue weighted by molar-refractivity contribution is -0.674. The molecule has 0 spiro atoms. The van der Waals surface area contributed by atoms with E-state index in [4.69, 9.17) is 10.2 Å². The third-order valence-corrected chi connectivity index (χ3v) is 1.64. The summed E-state index contributed by atoms with van der Waals surface area (Å²) in [5.41, 5.74) is 0. The Morgan fingerprint density at radius 1 is 1.62 bits per heavy atom. The fraction of sp³-hybridized carbons (Fsp3) is 1.00. The van der Waals surface area contributed by atoms with Crippen molar-refractivity contribution in [1.29, 1.82) is 0 Å². The van der Waals surface area contributed by atoms with Crippen LogP contribution in [0.4, 0.5) is 0 Å². The molecule has 3 nitrogen and oxygen atoms in total. The third kappa shape index (κ3) is 0.992. The van der Waals surface area contributed by atoms with E-state index in [1.807, 2.05) is 5.32 Å². The first-order valence-electron chi connectivity index (χ1n) is 2.97. The number of nitrogens with two attached hydrogens (primary N) is 1. The molecule has 0 bridgehead atoms. The predicted molar refractivity (Wildman–Crippen MR) is 28.3 cm³/mol. The first-order chi connectivity index (χ1) is 3.84. The zero-order valence-corrected chi connectivity index (χ0v) is 4.75. The summed E-state index contributed by atoms with van der Waals surface area (Å²) < 4.78 is 0. The van der Waals surface area contributed by atoms with Crippen molar-refractivity contribution in [2.75, 3.05) is 13.2 Å². The maximum Gasteiger partial charge on any atom is 0.136 e. The molecule has 1 aliphatic rings. The standard InChI is InChI=1S/C5H11NO2/c7-3-4-5(8)1-2-6-4/h4-8H,1-3H2/p+1/t4-,5+/m1/s1. The van der Waals surface area contributed by atoms with E-state index >= 15 is 0 Å². The normalized spacial score (nSPS) is 38.2. The summed E-state index contributed by atoms with van der Waals surface area (Å²) in [6.07, 6.45) is 0.547.